The van der Waals surface area contributed by atoms with E-state index < -0.39 is 0 Å². The molecule has 3 aromatic rings. The van der Waals surface area contributed by atoms with Crippen LogP contribution in [0.3, 0.4) is 0 Å². The molecule has 0 bridgehead atoms. The summed E-state index contributed by atoms with van der Waals surface area (Å²) in [5.74, 6) is 0.637. The molecule has 1 aliphatic heterocycles. The molecule has 1 saturated heterocycles. The fourth-order valence-electron chi connectivity index (χ4n) is 3.55. The Morgan fingerprint density at radius 1 is 1.20 bits per heavy atom. The first-order chi connectivity index (χ1) is 14.6. The number of carbonyl (C=O) groups excluding carboxylic acids is 1. The molecular formula is C21H25N5O3S. The van der Waals surface area contributed by atoms with E-state index in [4.69, 9.17) is 4.74 Å². The first kappa shape index (κ1) is 20.5. The maximum Gasteiger partial charge on any atom is 0.258 e. The standard InChI is InChI=1S/C21H25N5O3S/c1-2-29-18-6-4-3-5-17(18)23-19(27)15-25-9-7-24(8-10-25)14-16-13-20(28)26-11-12-30-21(26)22-16/h3-6,11-13H,2,7-10,14-15H2,1H3,(H,23,27). The van der Waals surface area contributed by atoms with Crippen molar-refractivity contribution in [3.8, 4) is 5.75 Å². The molecule has 1 aliphatic rings. The number of nitrogens with zero attached hydrogens (tertiary/aromatic N) is 4. The number of para-hydroxylation sites is 2. The van der Waals surface area contributed by atoms with Crippen molar-refractivity contribution >= 4 is 27.9 Å². The number of ether oxygens (including phenoxy) is 1. The van der Waals surface area contributed by atoms with Crippen molar-refractivity contribution < 1.29 is 9.53 Å². The summed E-state index contributed by atoms with van der Waals surface area (Å²) >= 11 is 1.46. The van der Waals surface area contributed by atoms with Gasteiger partial charge in [0, 0.05) is 50.4 Å². The predicted molar refractivity (Wildman–Crippen MR) is 117 cm³/mol. The summed E-state index contributed by atoms with van der Waals surface area (Å²) < 4.78 is 7.13. The first-order valence-electron chi connectivity index (χ1n) is 10.0. The molecule has 3 heterocycles. The minimum absolute atomic E-state index is 0.0427. The molecule has 1 N–H and O–H groups in total. The van der Waals surface area contributed by atoms with Crippen LogP contribution in [0.25, 0.3) is 4.96 Å². The molecule has 1 aromatic carbocycles. The minimum atomic E-state index is -0.0477. The Morgan fingerprint density at radius 3 is 2.77 bits per heavy atom. The van der Waals surface area contributed by atoms with Crippen LogP contribution in [0, 0.1) is 0 Å². The SMILES string of the molecule is CCOc1ccccc1NC(=O)CN1CCN(Cc2cc(=O)n3ccsc3n2)CC1. The molecule has 2 aromatic heterocycles. The third-order valence-electron chi connectivity index (χ3n) is 5.03. The van der Waals surface area contributed by atoms with Crippen molar-refractivity contribution in [3.63, 3.8) is 0 Å². The fourth-order valence-corrected chi connectivity index (χ4v) is 4.29. The zero-order valence-electron chi connectivity index (χ0n) is 16.9. The van der Waals surface area contributed by atoms with Gasteiger partial charge in [-0.15, -0.1) is 11.3 Å². The number of anilines is 1. The monoisotopic (exact) mass is 427 g/mol. The number of hydrogen-bond acceptors (Lipinski definition) is 7. The normalized spacial score (nSPS) is 15.4. The van der Waals surface area contributed by atoms with Gasteiger partial charge in [0.05, 0.1) is 24.5 Å². The number of amides is 1. The molecule has 30 heavy (non-hydrogen) atoms. The van der Waals surface area contributed by atoms with Crippen LogP contribution >= 0.6 is 11.3 Å². The van der Waals surface area contributed by atoms with Crippen molar-refractivity contribution in [2.45, 2.75) is 13.5 Å². The van der Waals surface area contributed by atoms with E-state index >= 15 is 0 Å². The van der Waals surface area contributed by atoms with E-state index in [1.807, 2.05) is 36.6 Å². The lowest BCUT2D eigenvalue weighted by atomic mass is 10.2. The zero-order valence-corrected chi connectivity index (χ0v) is 17.7. The topological polar surface area (TPSA) is 79.2 Å². The third-order valence-corrected chi connectivity index (χ3v) is 5.79. The summed E-state index contributed by atoms with van der Waals surface area (Å²) in [4.78, 5) is 34.3. The van der Waals surface area contributed by atoms with Gasteiger partial charge < -0.3 is 10.1 Å². The van der Waals surface area contributed by atoms with Gasteiger partial charge in [0.2, 0.25) is 5.91 Å². The largest absolute Gasteiger partial charge is 0.492 e. The molecule has 0 spiro atoms. The van der Waals surface area contributed by atoms with Crippen molar-refractivity contribution in [1.82, 2.24) is 19.2 Å². The predicted octanol–water partition coefficient (Wildman–Crippen LogP) is 1.91. The van der Waals surface area contributed by atoms with E-state index in [0.717, 1.165) is 36.8 Å². The summed E-state index contributed by atoms with van der Waals surface area (Å²) in [6.07, 6.45) is 1.75. The lowest BCUT2D eigenvalue weighted by Crippen LogP contribution is -2.48. The Bertz CT molecular complexity index is 1070. The molecule has 0 aliphatic carbocycles. The molecular weight excluding hydrogens is 402 g/mol. The molecule has 0 radical (unpaired) electrons. The number of fused-ring (bicyclic) bond motifs is 1. The van der Waals surface area contributed by atoms with Crippen molar-refractivity contribution in [3.05, 3.63) is 58.0 Å². The van der Waals surface area contributed by atoms with E-state index in [0.29, 0.717) is 31.1 Å². The second-order valence-corrected chi connectivity index (χ2v) is 8.04. The number of piperazine rings is 1. The van der Waals surface area contributed by atoms with Crippen LogP contribution in [0.2, 0.25) is 0 Å². The maximum absolute atomic E-state index is 12.5. The molecule has 4 rings (SSSR count). The summed E-state index contributed by atoms with van der Waals surface area (Å²) in [5.41, 5.74) is 1.45. The molecule has 158 valence electrons. The van der Waals surface area contributed by atoms with Crippen molar-refractivity contribution in [2.75, 3.05) is 44.6 Å². The number of rotatable bonds is 7. The van der Waals surface area contributed by atoms with Gasteiger partial charge in [-0.3, -0.25) is 23.8 Å². The Labute approximate surface area is 178 Å². The molecule has 0 saturated carbocycles. The van der Waals surface area contributed by atoms with Crippen LogP contribution in [0.4, 0.5) is 5.69 Å². The van der Waals surface area contributed by atoms with Crippen LogP contribution in [-0.2, 0) is 11.3 Å². The van der Waals surface area contributed by atoms with E-state index in [9.17, 15) is 9.59 Å². The Balaban J connectivity index is 1.28. The van der Waals surface area contributed by atoms with Gasteiger partial charge in [0.25, 0.3) is 5.56 Å². The number of thiazole rings is 1. The van der Waals surface area contributed by atoms with Crippen LogP contribution < -0.4 is 15.6 Å². The number of aromatic nitrogens is 2. The van der Waals surface area contributed by atoms with E-state index in [1.54, 1.807) is 16.7 Å². The number of benzene rings is 1. The fraction of sp³-hybridized carbons (Fsp3) is 0.381. The summed E-state index contributed by atoms with van der Waals surface area (Å²) in [5, 5.41) is 4.81. The van der Waals surface area contributed by atoms with Gasteiger partial charge in [-0.05, 0) is 19.1 Å². The molecule has 1 amide bonds. The van der Waals surface area contributed by atoms with Crippen molar-refractivity contribution in [2.24, 2.45) is 0 Å². The molecule has 0 unspecified atom stereocenters. The number of nitrogens with one attached hydrogen (secondary N) is 1. The number of carbonyl (C=O) groups is 1. The quantitative estimate of drug-likeness (QED) is 0.621. The highest BCUT2D eigenvalue weighted by Gasteiger charge is 2.20. The van der Waals surface area contributed by atoms with Crippen LogP contribution in [0.15, 0.2) is 46.7 Å². The first-order valence-corrected chi connectivity index (χ1v) is 10.9. The van der Waals surface area contributed by atoms with Gasteiger partial charge in [0.1, 0.15) is 5.75 Å². The molecule has 0 atom stereocenters. The second kappa shape index (κ2) is 9.38. The highest BCUT2D eigenvalue weighted by Crippen LogP contribution is 2.23. The van der Waals surface area contributed by atoms with Gasteiger partial charge in [-0.2, -0.15) is 0 Å². The van der Waals surface area contributed by atoms with Gasteiger partial charge in [0.15, 0.2) is 4.96 Å². The maximum atomic E-state index is 12.5. The van der Waals surface area contributed by atoms with Crippen LogP contribution in [0.5, 0.6) is 5.75 Å². The summed E-state index contributed by atoms with van der Waals surface area (Å²) in [6.45, 7) is 6.70. The van der Waals surface area contributed by atoms with E-state index in [-0.39, 0.29) is 11.5 Å². The summed E-state index contributed by atoms with van der Waals surface area (Å²) in [7, 11) is 0. The molecule has 9 heteroatoms. The Hall–Kier alpha value is -2.75. The lowest BCUT2D eigenvalue weighted by Gasteiger charge is -2.34. The second-order valence-electron chi connectivity index (χ2n) is 7.17. The molecule has 1 fully saturated rings. The van der Waals surface area contributed by atoms with Crippen molar-refractivity contribution in [1.29, 1.82) is 0 Å². The Kier molecular flexibility index (Phi) is 6.41. The average molecular weight is 428 g/mol. The highest BCUT2D eigenvalue weighted by atomic mass is 32.1. The summed E-state index contributed by atoms with van der Waals surface area (Å²) in [6, 6.07) is 9.07. The zero-order chi connectivity index (χ0) is 20.9. The Morgan fingerprint density at radius 2 is 1.97 bits per heavy atom. The minimum Gasteiger partial charge on any atom is -0.492 e. The highest BCUT2D eigenvalue weighted by molar-refractivity contribution is 7.15. The molecule has 8 nitrogen and oxygen atoms in total. The third kappa shape index (κ3) is 4.86. The van der Waals surface area contributed by atoms with E-state index in [1.165, 1.54) is 11.3 Å². The smallest absolute Gasteiger partial charge is 0.258 e. The van der Waals surface area contributed by atoms with E-state index in [2.05, 4.69) is 20.1 Å². The van der Waals surface area contributed by atoms with Crippen LogP contribution in [-0.4, -0.2) is 64.4 Å². The van der Waals surface area contributed by atoms with Gasteiger partial charge in [-0.25, -0.2) is 4.98 Å². The van der Waals surface area contributed by atoms with Crippen LogP contribution in [0.1, 0.15) is 12.6 Å². The lowest BCUT2D eigenvalue weighted by molar-refractivity contribution is -0.117. The van der Waals surface area contributed by atoms with Gasteiger partial charge in [-0.1, -0.05) is 12.1 Å². The number of hydrogen-bond donors (Lipinski definition) is 1. The van der Waals surface area contributed by atoms with Gasteiger partial charge >= 0.3 is 0 Å². The average Bonchev–Trinajstić information content (AvgIpc) is 3.20.